The molecule has 4 nitrogen and oxygen atoms in total. The third kappa shape index (κ3) is 1.65. The van der Waals surface area contributed by atoms with Crippen molar-refractivity contribution in [1.29, 1.82) is 0 Å². The summed E-state index contributed by atoms with van der Waals surface area (Å²) in [6.45, 7) is 7.90. The predicted octanol–water partition coefficient (Wildman–Crippen LogP) is 2.31. The van der Waals surface area contributed by atoms with E-state index in [-0.39, 0.29) is 41.4 Å². The van der Waals surface area contributed by atoms with Crippen molar-refractivity contribution in [3.05, 3.63) is 0 Å². The van der Waals surface area contributed by atoms with Crippen molar-refractivity contribution in [2.75, 3.05) is 0 Å². The number of esters is 2. The van der Waals surface area contributed by atoms with Gasteiger partial charge in [0.25, 0.3) is 0 Å². The molecule has 5 unspecified atom stereocenters. The number of hydrogen-bond acceptors (Lipinski definition) is 4. The van der Waals surface area contributed by atoms with E-state index in [1.54, 1.807) is 0 Å². The molecule has 0 aromatic carbocycles. The summed E-state index contributed by atoms with van der Waals surface area (Å²) in [5.74, 6) is 0.0458. The second-order valence-corrected chi connectivity index (χ2v) is 7.30. The van der Waals surface area contributed by atoms with Crippen molar-refractivity contribution in [2.45, 2.75) is 59.2 Å². The number of fused-ring (bicyclic) bond motifs is 1. The lowest BCUT2D eigenvalue weighted by atomic mass is 9.79. The summed E-state index contributed by atoms with van der Waals surface area (Å²) in [6.07, 6.45) is 2.04. The largest absolute Gasteiger partial charge is 0.458 e. The Balaban J connectivity index is 1.80. The Morgan fingerprint density at radius 2 is 2.16 bits per heavy atom. The summed E-state index contributed by atoms with van der Waals surface area (Å²) in [5, 5.41) is 0. The third-order valence-electron chi connectivity index (χ3n) is 5.54. The normalized spacial score (nSPS) is 43.5. The smallest absolute Gasteiger partial charge is 0.311 e. The van der Waals surface area contributed by atoms with Gasteiger partial charge in [-0.25, -0.2) is 0 Å². The summed E-state index contributed by atoms with van der Waals surface area (Å²) in [7, 11) is 0. The lowest BCUT2D eigenvalue weighted by molar-refractivity contribution is -0.174. The van der Waals surface area contributed by atoms with Gasteiger partial charge in [0.15, 0.2) is 0 Å². The van der Waals surface area contributed by atoms with Crippen LogP contribution in [-0.4, -0.2) is 24.1 Å². The van der Waals surface area contributed by atoms with Crippen molar-refractivity contribution < 1.29 is 19.1 Å². The van der Waals surface area contributed by atoms with Crippen LogP contribution in [0.25, 0.3) is 0 Å². The lowest BCUT2D eigenvalue weighted by Gasteiger charge is -2.34. The van der Waals surface area contributed by atoms with E-state index in [1.165, 1.54) is 0 Å². The van der Waals surface area contributed by atoms with Crippen LogP contribution in [0.3, 0.4) is 0 Å². The highest BCUT2D eigenvalue weighted by Crippen LogP contribution is 2.62. The Bertz CT molecular complexity index is 441. The monoisotopic (exact) mass is 266 g/mol. The van der Waals surface area contributed by atoms with Crippen molar-refractivity contribution in [3.63, 3.8) is 0 Å². The van der Waals surface area contributed by atoms with Crippen LogP contribution in [0.1, 0.15) is 47.0 Å². The van der Waals surface area contributed by atoms with E-state index in [4.69, 9.17) is 9.47 Å². The minimum Gasteiger partial charge on any atom is -0.458 e. The Hall–Kier alpha value is -1.06. The zero-order valence-corrected chi connectivity index (χ0v) is 12.1. The highest BCUT2D eigenvalue weighted by atomic mass is 16.6. The summed E-state index contributed by atoms with van der Waals surface area (Å²) in [4.78, 5) is 24.0. The van der Waals surface area contributed by atoms with Crippen molar-refractivity contribution in [1.82, 2.24) is 0 Å². The fourth-order valence-corrected chi connectivity index (χ4v) is 3.87. The lowest BCUT2D eigenvalue weighted by Crippen LogP contribution is -2.43. The molecule has 19 heavy (non-hydrogen) atoms. The maximum atomic E-state index is 12.3. The van der Waals surface area contributed by atoms with Crippen LogP contribution in [0.15, 0.2) is 0 Å². The fraction of sp³-hybridized carbons (Fsp3) is 0.867. The van der Waals surface area contributed by atoms with E-state index >= 15 is 0 Å². The molecule has 1 saturated heterocycles. The number of rotatable bonds is 3. The predicted molar refractivity (Wildman–Crippen MR) is 68.2 cm³/mol. The quantitative estimate of drug-likeness (QED) is 0.736. The topological polar surface area (TPSA) is 52.6 Å². The van der Waals surface area contributed by atoms with Gasteiger partial charge in [0, 0.05) is 11.3 Å². The first-order chi connectivity index (χ1) is 8.78. The van der Waals surface area contributed by atoms with Crippen LogP contribution in [0.5, 0.6) is 0 Å². The molecule has 0 amide bonds. The molecule has 5 atom stereocenters. The number of hydrogen-bond donors (Lipinski definition) is 0. The van der Waals surface area contributed by atoms with E-state index in [9.17, 15) is 9.59 Å². The van der Waals surface area contributed by atoms with Gasteiger partial charge in [0.2, 0.25) is 0 Å². The van der Waals surface area contributed by atoms with Gasteiger partial charge in [-0.3, -0.25) is 9.59 Å². The van der Waals surface area contributed by atoms with Gasteiger partial charge in [-0.1, -0.05) is 13.8 Å². The van der Waals surface area contributed by atoms with Crippen molar-refractivity contribution >= 4 is 11.9 Å². The zero-order chi connectivity index (χ0) is 14.0. The molecule has 1 aliphatic heterocycles. The Labute approximate surface area is 113 Å². The van der Waals surface area contributed by atoms with Gasteiger partial charge in [0.1, 0.15) is 12.2 Å². The molecule has 4 heteroatoms. The molecular weight excluding hydrogens is 244 g/mol. The molecule has 0 N–H and O–H groups in total. The van der Waals surface area contributed by atoms with Gasteiger partial charge in [-0.2, -0.15) is 0 Å². The maximum absolute atomic E-state index is 12.3. The molecule has 0 aromatic rings. The van der Waals surface area contributed by atoms with Crippen LogP contribution in [-0.2, 0) is 19.1 Å². The summed E-state index contributed by atoms with van der Waals surface area (Å²) in [5.41, 5.74) is -0.550. The molecule has 3 rings (SSSR count). The molecule has 1 heterocycles. The molecule has 106 valence electrons. The average molecular weight is 266 g/mol. The van der Waals surface area contributed by atoms with Crippen LogP contribution < -0.4 is 0 Å². The van der Waals surface area contributed by atoms with Gasteiger partial charge in [-0.05, 0) is 33.1 Å². The Morgan fingerprint density at radius 1 is 1.47 bits per heavy atom. The first-order valence-electron chi connectivity index (χ1n) is 7.20. The fourth-order valence-electron chi connectivity index (χ4n) is 3.87. The summed E-state index contributed by atoms with van der Waals surface area (Å²) in [6, 6.07) is 0. The van der Waals surface area contributed by atoms with Gasteiger partial charge >= 0.3 is 11.9 Å². The molecule has 2 bridgehead atoms. The molecule has 2 saturated carbocycles. The van der Waals surface area contributed by atoms with Crippen LogP contribution >= 0.6 is 0 Å². The van der Waals surface area contributed by atoms with E-state index < -0.39 is 5.41 Å². The molecule has 0 radical (unpaired) electrons. The SMILES string of the molecule is CCC(C)(C)C(=O)OC1C2OC(=O)C3CC1(C)CC32. The molecule has 3 fully saturated rings. The second kappa shape index (κ2) is 3.74. The Kier molecular flexibility index (Phi) is 2.55. The van der Waals surface area contributed by atoms with Gasteiger partial charge in [-0.15, -0.1) is 0 Å². The van der Waals surface area contributed by atoms with Crippen LogP contribution in [0, 0.1) is 22.7 Å². The van der Waals surface area contributed by atoms with Crippen molar-refractivity contribution in [3.8, 4) is 0 Å². The standard InChI is InChI=1S/C15H22O4/c1-5-14(2,3)13(17)19-11-10-8-6-15(11,4)7-9(8)12(16)18-10/h8-11H,5-7H2,1-4H3. The third-order valence-corrected chi connectivity index (χ3v) is 5.54. The van der Waals surface area contributed by atoms with Crippen LogP contribution in [0.2, 0.25) is 0 Å². The number of carbonyl (C=O) groups excluding carboxylic acids is 2. The minimum atomic E-state index is -0.472. The first kappa shape index (κ1) is 12.9. The van der Waals surface area contributed by atoms with Crippen molar-refractivity contribution in [2.24, 2.45) is 22.7 Å². The minimum absolute atomic E-state index is 0.0455. The molecule has 3 aliphatic rings. The van der Waals surface area contributed by atoms with Gasteiger partial charge < -0.3 is 9.47 Å². The molecule has 2 aliphatic carbocycles. The maximum Gasteiger partial charge on any atom is 0.311 e. The van der Waals surface area contributed by atoms with E-state index in [0.717, 1.165) is 19.3 Å². The molecule has 0 aromatic heterocycles. The number of ether oxygens (including phenoxy) is 2. The van der Waals surface area contributed by atoms with Gasteiger partial charge in [0.05, 0.1) is 11.3 Å². The number of carbonyl (C=O) groups is 2. The molecule has 0 spiro atoms. The first-order valence-corrected chi connectivity index (χ1v) is 7.20. The molecular formula is C15H22O4. The zero-order valence-electron chi connectivity index (χ0n) is 12.1. The highest BCUT2D eigenvalue weighted by molar-refractivity contribution is 5.78. The average Bonchev–Trinajstić information content (AvgIpc) is 2.89. The van der Waals surface area contributed by atoms with E-state index in [0.29, 0.717) is 0 Å². The second-order valence-electron chi connectivity index (χ2n) is 7.30. The summed E-state index contributed by atoms with van der Waals surface area (Å²) < 4.78 is 11.2. The van der Waals surface area contributed by atoms with E-state index in [2.05, 4.69) is 6.92 Å². The summed E-state index contributed by atoms with van der Waals surface area (Å²) >= 11 is 0. The Morgan fingerprint density at radius 3 is 2.79 bits per heavy atom. The van der Waals surface area contributed by atoms with E-state index in [1.807, 2.05) is 20.8 Å². The van der Waals surface area contributed by atoms with Crippen LogP contribution in [0.4, 0.5) is 0 Å². The highest BCUT2D eigenvalue weighted by Gasteiger charge is 2.68.